The van der Waals surface area contributed by atoms with Gasteiger partial charge in [-0.15, -0.1) is 0 Å². The van der Waals surface area contributed by atoms with Crippen LogP contribution in [-0.2, 0) is 0 Å². The Morgan fingerprint density at radius 3 is 2.95 bits per heavy atom. The summed E-state index contributed by atoms with van der Waals surface area (Å²) in [7, 11) is 0. The van der Waals surface area contributed by atoms with Gasteiger partial charge in [0.25, 0.3) is 5.91 Å². The van der Waals surface area contributed by atoms with Crippen LogP contribution in [0, 0.1) is 0 Å². The highest BCUT2D eigenvalue weighted by atomic mass is 35.5. The van der Waals surface area contributed by atoms with E-state index in [4.69, 9.17) is 26.2 Å². The molecule has 0 bridgehead atoms. The summed E-state index contributed by atoms with van der Waals surface area (Å²) in [5, 5.41) is 12.1. The molecular weight excluding hydrogens is 294 g/mol. The molecule has 1 atom stereocenters. The van der Waals surface area contributed by atoms with E-state index in [1.807, 2.05) is 6.92 Å². The van der Waals surface area contributed by atoms with Crippen molar-refractivity contribution in [1.29, 1.82) is 0 Å². The smallest absolute Gasteiger partial charge is 0.251 e. The topological polar surface area (TPSA) is 67.8 Å². The van der Waals surface area contributed by atoms with Gasteiger partial charge in [0.2, 0.25) is 0 Å². The molecule has 2 N–H and O–H groups in total. The Labute approximate surface area is 129 Å². The largest absolute Gasteiger partial charge is 0.489 e. The SMILES string of the molecule is C[C@@H](CCCO)NC(=O)c1cc(Cl)c2c(c1)OCCCO2. The van der Waals surface area contributed by atoms with Gasteiger partial charge in [-0.3, -0.25) is 4.79 Å². The molecular formula is C15H20ClNO4. The van der Waals surface area contributed by atoms with E-state index in [2.05, 4.69) is 5.32 Å². The van der Waals surface area contributed by atoms with Crippen LogP contribution in [0.25, 0.3) is 0 Å². The predicted molar refractivity (Wildman–Crippen MR) is 80.3 cm³/mol. The zero-order valence-electron chi connectivity index (χ0n) is 12.0. The molecule has 116 valence electrons. The van der Waals surface area contributed by atoms with Gasteiger partial charge in [-0.2, -0.15) is 0 Å². The molecule has 1 aromatic rings. The quantitative estimate of drug-likeness (QED) is 0.876. The summed E-state index contributed by atoms with van der Waals surface area (Å²) < 4.78 is 11.1. The van der Waals surface area contributed by atoms with Gasteiger partial charge in [-0.1, -0.05) is 11.6 Å². The third-order valence-corrected chi connectivity index (χ3v) is 3.52. The number of aliphatic hydroxyl groups is 1. The Morgan fingerprint density at radius 1 is 1.43 bits per heavy atom. The van der Waals surface area contributed by atoms with E-state index < -0.39 is 0 Å². The fraction of sp³-hybridized carbons (Fsp3) is 0.533. The van der Waals surface area contributed by atoms with E-state index in [0.29, 0.717) is 41.7 Å². The molecule has 0 unspecified atom stereocenters. The molecule has 0 saturated carbocycles. The third-order valence-electron chi connectivity index (χ3n) is 3.24. The molecule has 1 aromatic carbocycles. The second-order valence-corrected chi connectivity index (χ2v) is 5.48. The van der Waals surface area contributed by atoms with Gasteiger partial charge in [-0.05, 0) is 31.9 Å². The highest BCUT2D eigenvalue weighted by Gasteiger charge is 2.19. The number of nitrogens with one attached hydrogen (secondary N) is 1. The summed E-state index contributed by atoms with van der Waals surface area (Å²) in [5.74, 6) is 0.796. The summed E-state index contributed by atoms with van der Waals surface area (Å²) in [6.07, 6.45) is 2.16. The van der Waals surface area contributed by atoms with Gasteiger partial charge in [0, 0.05) is 24.6 Å². The molecule has 6 heteroatoms. The maximum absolute atomic E-state index is 12.2. The van der Waals surface area contributed by atoms with Crippen LogP contribution in [0.1, 0.15) is 36.5 Å². The van der Waals surface area contributed by atoms with Gasteiger partial charge in [0.05, 0.1) is 18.2 Å². The maximum atomic E-state index is 12.2. The molecule has 5 nitrogen and oxygen atoms in total. The molecule has 1 aliphatic heterocycles. The predicted octanol–water partition coefficient (Wildman–Crippen LogP) is 2.39. The van der Waals surface area contributed by atoms with Crippen molar-refractivity contribution in [2.24, 2.45) is 0 Å². The van der Waals surface area contributed by atoms with Crippen LogP contribution in [0.4, 0.5) is 0 Å². The number of halogens is 1. The Morgan fingerprint density at radius 2 is 2.19 bits per heavy atom. The molecule has 0 fully saturated rings. The van der Waals surface area contributed by atoms with Gasteiger partial charge in [0.15, 0.2) is 11.5 Å². The van der Waals surface area contributed by atoms with Crippen LogP contribution < -0.4 is 14.8 Å². The van der Waals surface area contributed by atoms with Gasteiger partial charge in [-0.25, -0.2) is 0 Å². The van der Waals surface area contributed by atoms with E-state index in [9.17, 15) is 4.79 Å². The lowest BCUT2D eigenvalue weighted by Crippen LogP contribution is -2.32. The summed E-state index contributed by atoms with van der Waals surface area (Å²) >= 11 is 6.17. The lowest BCUT2D eigenvalue weighted by atomic mass is 10.1. The number of aliphatic hydroxyl groups excluding tert-OH is 1. The first kappa shape index (κ1) is 15.9. The summed E-state index contributed by atoms with van der Waals surface area (Å²) in [4.78, 5) is 12.2. The third kappa shape index (κ3) is 4.25. The van der Waals surface area contributed by atoms with Crippen molar-refractivity contribution in [3.8, 4) is 11.5 Å². The van der Waals surface area contributed by atoms with E-state index >= 15 is 0 Å². The normalized spacial score (nSPS) is 15.2. The van der Waals surface area contributed by atoms with E-state index in [0.717, 1.165) is 12.8 Å². The van der Waals surface area contributed by atoms with Crippen LogP contribution in [0.2, 0.25) is 5.02 Å². The fourth-order valence-corrected chi connectivity index (χ4v) is 2.40. The van der Waals surface area contributed by atoms with E-state index in [1.54, 1.807) is 12.1 Å². The molecule has 1 aliphatic rings. The highest BCUT2D eigenvalue weighted by Crippen LogP contribution is 2.37. The van der Waals surface area contributed by atoms with Gasteiger partial charge in [0.1, 0.15) is 0 Å². The second kappa shape index (κ2) is 7.52. The average molecular weight is 314 g/mol. The lowest BCUT2D eigenvalue weighted by molar-refractivity contribution is 0.0936. The summed E-state index contributed by atoms with van der Waals surface area (Å²) in [6.45, 7) is 3.12. The van der Waals surface area contributed by atoms with Crippen LogP contribution >= 0.6 is 11.6 Å². The number of hydrogen-bond acceptors (Lipinski definition) is 4. The second-order valence-electron chi connectivity index (χ2n) is 5.08. The number of hydrogen-bond donors (Lipinski definition) is 2. The molecule has 2 rings (SSSR count). The molecule has 0 aliphatic carbocycles. The van der Waals surface area contributed by atoms with Crippen molar-refractivity contribution >= 4 is 17.5 Å². The van der Waals surface area contributed by atoms with Gasteiger partial charge < -0.3 is 19.9 Å². The minimum Gasteiger partial charge on any atom is -0.489 e. The highest BCUT2D eigenvalue weighted by molar-refractivity contribution is 6.32. The van der Waals surface area contributed by atoms with Crippen molar-refractivity contribution in [2.45, 2.75) is 32.2 Å². The number of rotatable bonds is 5. The summed E-state index contributed by atoms with van der Waals surface area (Å²) in [5.41, 5.74) is 0.445. The Bertz CT molecular complexity index is 507. The van der Waals surface area contributed by atoms with Crippen molar-refractivity contribution in [3.63, 3.8) is 0 Å². The van der Waals surface area contributed by atoms with Crippen LogP contribution in [0.3, 0.4) is 0 Å². The number of carbonyl (C=O) groups is 1. The van der Waals surface area contributed by atoms with Crippen LogP contribution in [0.15, 0.2) is 12.1 Å². The molecule has 0 spiro atoms. The van der Waals surface area contributed by atoms with E-state index in [1.165, 1.54) is 0 Å². The molecule has 1 heterocycles. The first-order valence-corrected chi connectivity index (χ1v) is 7.50. The standard InChI is InChI=1S/C15H20ClNO4/c1-10(4-2-5-18)17-15(19)11-8-12(16)14-13(9-11)20-6-3-7-21-14/h8-10,18H,2-7H2,1H3,(H,17,19)/t10-/m0/s1. The van der Waals surface area contributed by atoms with Crippen molar-refractivity contribution in [2.75, 3.05) is 19.8 Å². The minimum absolute atomic E-state index is 0.0144. The first-order valence-electron chi connectivity index (χ1n) is 7.12. The molecule has 0 radical (unpaired) electrons. The number of fused-ring (bicyclic) bond motifs is 1. The monoisotopic (exact) mass is 313 g/mol. The maximum Gasteiger partial charge on any atom is 0.251 e. The molecule has 0 aromatic heterocycles. The Balaban J connectivity index is 2.11. The molecule has 0 saturated heterocycles. The fourth-order valence-electron chi connectivity index (χ4n) is 2.14. The minimum atomic E-state index is -0.210. The Kier molecular flexibility index (Phi) is 5.70. The van der Waals surface area contributed by atoms with Crippen LogP contribution in [-0.4, -0.2) is 36.9 Å². The number of benzene rings is 1. The van der Waals surface area contributed by atoms with Crippen LogP contribution in [0.5, 0.6) is 11.5 Å². The molecule has 1 amide bonds. The zero-order chi connectivity index (χ0) is 15.2. The number of amides is 1. The first-order chi connectivity index (χ1) is 10.1. The summed E-state index contributed by atoms with van der Waals surface area (Å²) in [6, 6.07) is 3.23. The van der Waals surface area contributed by atoms with Crippen molar-refractivity contribution in [3.05, 3.63) is 22.7 Å². The zero-order valence-corrected chi connectivity index (χ0v) is 12.8. The lowest BCUT2D eigenvalue weighted by Gasteiger charge is -2.15. The van der Waals surface area contributed by atoms with E-state index in [-0.39, 0.29) is 18.6 Å². The number of ether oxygens (including phenoxy) is 2. The van der Waals surface area contributed by atoms with Crippen molar-refractivity contribution < 1.29 is 19.4 Å². The molecule has 21 heavy (non-hydrogen) atoms. The van der Waals surface area contributed by atoms with Crippen molar-refractivity contribution in [1.82, 2.24) is 5.32 Å². The average Bonchev–Trinajstić information content (AvgIpc) is 2.70. The number of carbonyl (C=O) groups excluding carboxylic acids is 1. The Hall–Kier alpha value is -1.46. The van der Waals surface area contributed by atoms with Gasteiger partial charge >= 0.3 is 0 Å².